The lowest BCUT2D eigenvalue weighted by molar-refractivity contribution is -0.181. The van der Waals surface area contributed by atoms with Crippen molar-refractivity contribution in [3.63, 3.8) is 0 Å². The molecule has 0 saturated heterocycles. The van der Waals surface area contributed by atoms with Crippen molar-refractivity contribution in [1.29, 1.82) is 0 Å². The van der Waals surface area contributed by atoms with E-state index in [-0.39, 0.29) is 19.3 Å². The van der Waals surface area contributed by atoms with Crippen LogP contribution in [0.3, 0.4) is 0 Å². The highest BCUT2D eigenvalue weighted by Gasteiger charge is 2.39. The summed E-state index contributed by atoms with van der Waals surface area (Å²) in [5, 5.41) is 0. The van der Waals surface area contributed by atoms with Gasteiger partial charge in [-0.2, -0.15) is 13.2 Å². The number of hydrogen-bond donors (Lipinski definition) is 0. The van der Waals surface area contributed by atoms with E-state index in [1.807, 2.05) is 0 Å². The van der Waals surface area contributed by atoms with E-state index in [1.165, 1.54) is 6.08 Å². The van der Waals surface area contributed by atoms with Crippen LogP contribution in [0.4, 0.5) is 13.2 Å². The molecule has 0 aliphatic carbocycles. The molecule has 0 aliphatic rings. The van der Waals surface area contributed by atoms with Crippen LogP contribution in [0.1, 0.15) is 12.8 Å². The van der Waals surface area contributed by atoms with Gasteiger partial charge in [-0.15, -0.1) is 6.58 Å². The number of rotatable bonds is 6. The third-order valence-electron chi connectivity index (χ3n) is 1.71. The number of carbonyl (C=O) groups excluding carboxylic acids is 1. The highest BCUT2D eigenvalue weighted by atomic mass is 19.4. The maximum Gasteiger partial charge on any atom is 0.392 e. The third kappa shape index (κ3) is 4.89. The number of carbonyl (C=O) groups is 1. The predicted molar refractivity (Wildman–Crippen MR) is 45.3 cm³/mol. The highest BCUT2D eigenvalue weighted by Crippen LogP contribution is 2.32. The fraction of sp³-hybridized carbons (Fsp3) is 0.556. The molecule has 1 radical (unpaired) electrons. The molecule has 0 fully saturated rings. The van der Waals surface area contributed by atoms with E-state index < -0.39 is 18.2 Å². The average Bonchev–Trinajstić information content (AvgIpc) is 2.02. The minimum atomic E-state index is -4.31. The first-order valence-electron chi connectivity index (χ1n) is 4.01. The van der Waals surface area contributed by atoms with E-state index in [1.54, 1.807) is 0 Å². The second kappa shape index (κ2) is 5.67. The standard InChI is InChI=1S/C9H12F3O2/c1-3-4-8(9(10,11)12)5-7(2)14-6-13/h3,6-8H,1-2,4-5H2/t7-,8?/m1/s1. The smallest absolute Gasteiger partial charge is 0.392 e. The second-order valence-corrected chi connectivity index (χ2v) is 2.85. The Labute approximate surface area is 80.7 Å². The summed E-state index contributed by atoms with van der Waals surface area (Å²) in [4.78, 5) is 9.84. The molecule has 0 spiro atoms. The highest BCUT2D eigenvalue weighted by molar-refractivity contribution is 5.37. The van der Waals surface area contributed by atoms with Crippen LogP contribution in [0.15, 0.2) is 12.7 Å². The molecule has 2 atom stereocenters. The van der Waals surface area contributed by atoms with Gasteiger partial charge in [-0.05, 0) is 19.8 Å². The lowest BCUT2D eigenvalue weighted by atomic mass is 9.98. The van der Waals surface area contributed by atoms with Crippen molar-refractivity contribution in [3.8, 4) is 0 Å². The van der Waals surface area contributed by atoms with Gasteiger partial charge in [0.2, 0.25) is 0 Å². The molecule has 1 unspecified atom stereocenters. The zero-order valence-corrected chi connectivity index (χ0v) is 7.59. The normalized spacial score (nSPS) is 15.7. The van der Waals surface area contributed by atoms with Gasteiger partial charge in [-0.3, -0.25) is 4.79 Å². The van der Waals surface area contributed by atoms with Gasteiger partial charge in [-0.25, -0.2) is 0 Å². The first-order chi connectivity index (χ1) is 6.41. The number of ether oxygens (including phenoxy) is 1. The Morgan fingerprint density at radius 2 is 2.00 bits per heavy atom. The van der Waals surface area contributed by atoms with E-state index in [4.69, 9.17) is 0 Å². The summed E-state index contributed by atoms with van der Waals surface area (Å²) in [7, 11) is 0. The summed E-state index contributed by atoms with van der Waals surface area (Å²) in [6.07, 6.45) is -4.63. The van der Waals surface area contributed by atoms with Crippen molar-refractivity contribution in [2.75, 3.05) is 0 Å². The van der Waals surface area contributed by atoms with Crippen molar-refractivity contribution in [3.05, 3.63) is 19.6 Å². The van der Waals surface area contributed by atoms with E-state index in [2.05, 4.69) is 18.2 Å². The quantitative estimate of drug-likeness (QED) is 0.496. The minimum Gasteiger partial charge on any atom is -0.465 e. The van der Waals surface area contributed by atoms with Gasteiger partial charge >= 0.3 is 6.18 Å². The van der Waals surface area contributed by atoms with Crippen LogP contribution in [0, 0.1) is 12.8 Å². The Morgan fingerprint density at radius 3 is 2.36 bits per heavy atom. The Bertz CT molecular complexity index is 189. The Balaban J connectivity index is 4.22. The lowest BCUT2D eigenvalue weighted by Crippen LogP contribution is -2.27. The van der Waals surface area contributed by atoms with Crippen LogP contribution in [-0.4, -0.2) is 18.8 Å². The monoisotopic (exact) mass is 209 g/mol. The van der Waals surface area contributed by atoms with E-state index in [0.29, 0.717) is 0 Å². The van der Waals surface area contributed by atoms with Crippen LogP contribution in [0.2, 0.25) is 0 Å². The molecule has 0 aromatic carbocycles. The molecule has 0 amide bonds. The summed E-state index contributed by atoms with van der Waals surface area (Å²) >= 11 is 0. The average molecular weight is 209 g/mol. The zero-order chi connectivity index (χ0) is 11.2. The molecule has 2 nitrogen and oxygen atoms in total. The van der Waals surface area contributed by atoms with Gasteiger partial charge in [0.1, 0.15) is 6.10 Å². The van der Waals surface area contributed by atoms with Crippen molar-refractivity contribution < 1.29 is 22.7 Å². The van der Waals surface area contributed by atoms with Crippen LogP contribution in [0.25, 0.3) is 0 Å². The molecule has 0 N–H and O–H groups in total. The molecule has 0 heterocycles. The number of allylic oxidation sites excluding steroid dienone is 1. The van der Waals surface area contributed by atoms with Gasteiger partial charge in [0.05, 0.1) is 5.92 Å². The van der Waals surface area contributed by atoms with Crippen molar-refractivity contribution in [2.45, 2.75) is 25.1 Å². The molecule has 0 aromatic heterocycles. The first-order valence-corrected chi connectivity index (χ1v) is 4.01. The fourth-order valence-electron chi connectivity index (χ4n) is 1.02. The van der Waals surface area contributed by atoms with Crippen LogP contribution in [0.5, 0.6) is 0 Å². The van der Waals surface area contributed by atoms with Gasteiger partial charge in [0.15, 0.2) is 0 Å². The summed E-state index contributed by atoms with van der Waals surface area (Å²) in [6.45, 7) is 6.61. The molecule has 0 aromatic rings. The maximum atomic E-state index is 12.3. The van der Waals surface area contributed by atoms with Crippen molar-refractivity contribution in [1.82, 2.24) is 0 Å². The Morgan fingerprint density at radius 1 is 1.43 bits per heavy atom. The lowest BCUT2D eigenvalue weighted by Gasteiger charge is -2.21. The Kier molecular flexibility index (Phi) is 5.27. The van der Waals surface area contributed by atoms with Gasteiger partial charge in [-0.1, -0.05) is 6.08 Å². The molecular weight excluding hydrogens is 197 g/mol. The van der Waals surface area contributed by atoms with E-state index in [0.717, 1.165) is 0 Å². The molecule has 5 heteroatoms. The minimum absolute atomic E-state index is 0.0962. The molecule has 14 heavy (non-hydrogen) atoms. The molecular formula is C9H12F3O2. The van der Waals surface area contributed by atoms with Crippen molar-refractivity contribution >= 4 is 6.47 Å². The van der Waals surface area contributed by atoms with Crippen LogP contribution >= 0.6 is 0 Å². The number of alkyl halides is 3. The third-order valence-corrected chi connectivity index (χ3v) is 1.71. The summed E-state index contributed by atoms with van der Waals surface area (Å²) in [5.41, 5.74) is 0. The van der Waals surface area contributed by atoms with E-state index in [9.17, 15) is 18.0 Å². The Hall–Kier alpha value is -1.00. The number of halogens is 3. The van der Waals surface area contributed by atoms with Gasteiger partial charge < -0.3 is 4.74 Å². The second-order valence-electron chi connectivity index (χ2n) is 2.85. The largest absolute Gasteiger partial charge is 0.465 e. The zero-order valence-electron chi connectivity index (χ0n) is 7.59. The van der Waals surface area contributed by atoms with Gasteiger partial charge in [0, 0.05) is 0 Å². The molecule has 0 aliphatic heterocycles. The van der Waals surface area contributed by atoms with Crippen LogP contribution < -0.4 is 0 Å². The maximum absolute atomic E-state index is 12.3. The van der Waals surface area contributed by atoms with Gasteiger partial charge in [0.25, 0.3) is 6.47 Å². The molecule has 0 bridgehead atoms. The molecule has 0 saturated carbocycles. The summed E-state index contributed by atoms with van der Waals surface area (Å²) in [6, 6.07) is 0. The number of hydrogen-bond acceptors (Lipinski definition) is 2. The molecule has 0 rings (SSSR count). The first kappa shape index (κ1) is 13.0. The topological polar surface area (TPSA) is 26.3 Å². The SMILES string of the molecule is [CH2][C@H](CC(CC=C)C(F)(F)F)OC=O. The molecule has 81 valence electrons. The fourth-order valence-corrected chi connectivity index (χ4v) is 1.02. The van der Waals surface area contributed by atoms with Crippen LogP contribution in [-0.2, 0) is 9.53 Å². The van der Waals surface area contributed by atoms with Crippen molar-refractivity contribution in [2.24, 2.45) is 5.92 Å². The predicted octanol–water partition coefficient (Wildman–Crippen LogP) is 2.51. The summed E-state index contributed by atoms with van der Waals surface area (Å²) in [5.74, 6) is -1.55. The van der Waals surface area contributed by atoms with E-state index >= 15 is 0 Å². The summed E-state index contributed by atoms with van der Waals surface area (Å²) < 4.78 is 41.2.